The van der Waals surface area contributed by atoms with Crippen molar-refractivity contribution >= 4 is 5.91 Å². The minimum atomic E-state index is 0.264. The molecule has 3 heterocycles. The van der Waals surface area contributed by atoms with Gasteiger partial charge in [0, 0.05) is 51.0 Å². The number of carbonyl (C=O) groups is 1. The van der Waals surface area contributed by atoms with Crippen molar-refractivity contribution in [3.05, 3.63) is 18.2 Å². The van der Waals surface area contributed by atoms with E-state index < -0.39 is 0 Å². The molecule has 2 fully saturated rings. The number of imidazole rings is 1. The molecule has 0 radical (unpaired) electrons. The zero-order valence-corrected chi connectivity index (χ0v) is 16.3. The molecule has 146 valence electrons. The number of hydrogen-bond donors (Lipinski definition) is 0. The van der Waals surface area contributed by atoms with Crippen molar-refractivity contribution in [3.63, 3.8) is 0 Å². The first kappa shape index (κ1) is 19.3. The first-order valence-electron chi connectivity index (χ1n) is 9.87. The van der Waals surface area contributed by atoms with Crippen LogP contribution < -0.4 is 0 Å². The van der Waals surface area contributed by atoms with Gasteiger partial charge in [-0.05, 0) is 39.9 Å². The molecule has 0 bridgehead atoms. The van der Waals surface area contributed by atoms with Crippen LogP contribution in [0.2, 0.25) is 0 Å². The largest absolute Gasteiger partial charge is 0.379 e. The van der Waals surface area contributed by atoms with Gasteiger partial charge in [-0.2, -0.15) is 0 Å². The molecule has 0 atom stereocenters. The van der Waals surface area contributed by atoms with E-state index in [0.29, 0.717) is 12.5 Å². The van der Waals surface area contributed by atoms with Gasteiger partial charge in [0.15, 0.2) is 0 Å². The number of morpholine rings is 1. The number of nitrogens with zero attached hydrogens (tertiary/aromatic N) is 5. The van der Waals surface area contributed by atoms with Crippen LogP contribution in [0.3, 0.4) is 0 Å². The number of amides is 1. The Morgan fingerprint density at radius 3 is 2.65 bits per heavy atom. The lowest BCUT2D eigenvalue weighted by Crippen LogP contribution is -2.47. The first-order chi connectivity index (χ1) is 12.6. The molecule has 7 nitrogen and oxygen atoms in total. The monoisotopic (exact) mass is 363 g/mol. The number of hydrogen-bond acceptors (Lipinski definition) is 5. The van der Waals surface area contributed by atoms with E-state index in [-0.39, 0.29) is 5.91 Å². The van der Waals surface area contributed by atoms with Gasteiger partial charge in [0.05, 0.1) is 19.8 Å². The fraction of sp³-hybridized carbons (Fsp3) is 0.789. The number of ether oxygens (including phenoxy) is 1. The Hall–Kier alpha value is -1.44. The van der Waals surface area contributed by atoms with Crippen molar-refractivity contribution in [3.8, 4) is 0 Å². The van der Waals surface area contributed by atoms with Gasteiger partial charge in [0.2, 0.25) is 5.91 Å². The summed E-state index contributed by atoms with van der Waals surface area (Å²) in [7, 11) is 4.22. The van der Waals surface area contributed by atoms with Crippen molar-refractivity contribution in [1.29, 1.82) is 0 Å². The summed E-state index contributed by atoms with van der Waals surface area (Å²) >= 11 is 0. The van der Waals surface area contributed by atoms with Gasteiger partial charge < -0.3 is 19.1 Å². The highest BCUT2D eigenvalue weighted by molar-refractivity contribution is 5.78. The van der Waals surface area contributed by atoms with E-state index in [4.69, 9.17) is 4.74 Å². The Bertz CT molecular complexity index is 560. The van der Waals surface area contributed by atoms with Gasteiger partial charge in [0.25, 0.3) is 0 Å². The Morgan fingerprint density at radius 2 is 1.96 bits per heavy atom. The third kappa shape index (κ3) is 5.28. The van der Waals surface area contributed by atoms with Crippen LogP contribution in [-0.2, 0) is 16.1 Å². The fourth-order valence-corrected chi connectivity index (χ4v) is 3.86. The van der Waals surface area contributed by atoms with Crippen LogP contribution >= 0.6 is 0 Å². The van der Waals surface area contributed by atoms with Gasteiger partial charge in [0.1, 0.15) is 5.82 Å². The molecule has 1 aromatic heterocycles. The third-order valence-corrected chi connectivity index (χ3v) is 5.43. The Balaban J connectivity index is 1.46. The zero-order chi connectivity index (χ0) is 18.4. The van der Waals surface area contributed by atoms with Crippen LogP contribution in [0.15, 0.2) is 12.4 Å². The van der Waals surface area contributed by atoms with Crippen LogP contribution in [0, 0.1) is 0 Å². The number of likely N-dealkylation sites (tertiary alicyclic amines) is 1. The molecule has 26 heavy (non-hydrogen) atoms. The van der Waals surface area contributed by atoms with E-state index in [1.807, 2.05) is 11.1 Å². The Labute approximate surface area is 156 Å². The maximum Gasteiger partial charge on any atom is 0.236 e. The number of aromatic nitrogens is 2. The van der Waals surface area contributed by atoms with E-state index in [9.17, 15) is 4.79 Å². The maximum absolute atomic E-state index is 12.5. The highest BCUT2D eigenvalue weighted by Gasteiger charge is 2.27. The predicted molar refractivity (Wildman–Crippen MR) is 101 cm³/mol. The summed E-state index contributed by atoms with van der Waals surface area (Å²) in [6, 6.07) is 0. The van der Waals surface area contributed by atoms with Gasteiger partial charge in [-0.3, -0.25) is 9.69 Å². The lowest BCUT2D eigenvalue weighted by Gasteiger charge is -2.34. The highest BCUT2D eigenvalue weighted by Crippen LogP contribution is 2.27. The molecule has 1 aromatic rings. The predicted octanol–water partition coefficient (Wildman–Crippen LogP) is 0.873. The molecule has 2 aliphatic rings. The van der Waals surface area contributed by atoms with Gasteiger partial charge in [-0.25, -0.2) is 4.98 Å². The van der Waals surface area contributed by atoms with Gasteiger partial charge in [-0.1, -0.05) is 0 Å². The van der Waals surface area contributed by atoms with Gasteiger partial charge in [-0.15, -0.1) is 0 Å². The SMILES string of the molecule is CN(C)CCCn1ccnc1C1CCN(C(=O)CN2CCOCC2)CC1. The second kappa shape index (κ2) is 9.48. The maximum atomic E-state index is 12.5. The quantitative estimate of drug-likeness (QED) is 0.720. The average molecular weight is 364 g/mol. The van der Waals surface area contributed by atoms with Gasteiger partial charge >= 0.3 is 0 Å². The summed E-state index contributed by atoms with van der Waals surface area (Å²) in [5.74, 6) is 1.93. The number of carbonyl (C=O) groups excluding carboxylic acids is 1. The standard InChI is InChI=1S/C19H33N5O2/c1-21(2)7-3-8-24-11-6-20-19(24)17-4-9-23(10-5-17)18(25)16-22-12-14-26-15-13-22/h6,11,17H,3-5,7-10,12-16H2,1-2H3. The van der Waals surface area contributed by atoms with Crippen LogP contribution in [0.4, 0.5) is 0 Å². The second-order valence-electron chi connectivity index (χ2n) is 7.68. The second-order valence-corrected chi connectivity index (χ2v) is 7.68. The van der Waals surface area contributed by atoms with E-state index in [1.54, 1.807) is 0 Å². The molecule has 2 saturated heterocycles. The third-order valence-electron chi connectivity index (χ3n) is 5.43. The first-order valence-corrected chi connectivity index (χ1v) is 9.87. The molecular formula is C19H33N5O2. The van der Waals surface area contributed by atoms with Crippen molar-refractivity contribution in [2.75, 3.05) is 66.6 Å². The highest BCUT2D eigenvalue weighted by atomic mass is 16.5. The average Bonchev–Trinajstić information content (AvgIpc) is 3.11. The molecule has 0 aromatic carbocycles. The van der Waals surface area contributed by atoms with Crippen LogP contribution in [0.25, 0.3) is 0 Å². The summed E-state index contributed by atoms with van der Waals surface area (Å²) in [4.78, 5) is 23.6. The van der Waals surface area contributed by atoms with Crippen molar-refractivity contribution in [2.24, 2.45) is 0 Å². The normalized spacial score (nSPS) is 20.0. The van der Waals surface area contributed by atoms with Crippen LogP contribution in [0.1, 0.15) is 31.0 Å². The van der Waals surface area contributed by atoms with Crippen molar-refractivity contribution in [1.82, 2.24) is 24.3 Å². The molecular weight excluding hydrogens is 330 g/mol. The Kier molecular flexibility index (Phi) is 7.05. The zero-order valence-electron chi connectivity index (χ0n) is 16.3. The molecule has 3 rings (SSSR count). The summed E-state index contributed by atoms with van der Waals surface area (Å²) in [6.45, 7) is 7.55. The number of rotatable bonds is 7. The van der Waals surface area contributed by atoms with Crippen molar-refractivity contribution in [2.45, 2.75) is 31.7 Å². The fourth-order valence-electron chi connectivity index (χ4n) is 3.86. The van der Waals surface area contributed by atoms with E-state index in [2.05, 4.69) is 39.6 Å². The van der Waals surface area contributed by atoms with Crippen LogP contribution in [0.5, 0.6) is 0 Å². The van der Waals surface area contributed by atoms with E-state index in [1.165, 1.54) is 5.82 Å². The molecule has 0 saturated carbocycles. The summed E-state index contributed by atoms with van der Waals surface area (Å²) in [5, 5.41) is 0. The molecule has 0 unspecified atom stereocenters. The summed E-state index contributed by atoms with van der Waals surface area (Å²) in [6.07, 6.45) is 7.17. The topological polar surface area (TPSA) is 53.8 Å². The lowest BCUT2D eigenvalue weighted by atomic mass is 9.95. The summed E-state index contributed by atoms with van der Waals surface area (Å²) in [5.41, 5.74) is 0. The summed E-state index contributed by atoms with van der Waals surface area (Å²) < 4.78 is 7.66. The van der Waals surface area contributed by atoms with E-state index in [0.717, 1.165) is 71.7 Å². The molecule has 1 amide bonds. The number of piperidine rings is 1. The molecule has 0 aliphatic carbocycles. The van der Waals surface area contributed by atoms with E-state index >= 15 is 0 Å². The van der Waals surface area contributed by atoms with Crippen molar-refractivity contribution < 1.29 is 9.53 Å². The lowest BCUT2D eigenvalue weighted by molar-refractivity contribution is -0.134. The molecule has 0 N–H and O–H groups in total. The molecule has 0 spiro atoms. The smallest absolute Gasteiger partial charge is 0.236 e. The number of aryl methyl sites for hydroxylation is 1. The molecule has 7 heteroatoms. The molecule has 2 aliphatic heterocycles. The Morgan fingerprint density at radius 1 is 1.23 bits per heavy atom. The minimum Gasteiger partial charge on any atom is -0.379 e. The van der Waals surface area contributed by atoms with Crippen LogP contribution in [-0.4, -0.2) is 96.7 Å². The minimum absolute atomic E-state index is 0.264.